The monoisotopic (exact) mass is 406 g/mol. The molecule has 2 heterocycles. The lowest BCUT2D eigenvalue weighted by Gasteiger charge is -2.10. The Balaban J connectivity index is 1.66. The maximum absolute atomic E-state index is 9.24. The molecule has 0 bridgehead atoms. The van der Waals surface area contributed by atoms with Gasteiger partial charge in [-0.2, -0.15) is 0 Å². The van der Waals surface area contributed by atoms with Crippen molar-refractivity contribution in [1.82, 2.24) is 9.55 Å². The molecule has 5 aromatic rings. The summed E-state index contributed by atoms with van der Waals surface area (Å²) in [5.74, 6) is 0. The van der Waals surface area contributed by atoms with Crippen LogP contribution in [0.1, 0.15) is 30.5 Å². The molecule has 0 amide bonds. The summed E-state index contributed by atoms with van der Waals surface area (Å²) >= 11 is 0. The van der Waals surface area contributed by atoms with Crippen molar-refractivity contribution in [2.75, 3.05) is 0 Å². The van der Waals surface area contributed by atoms with Crippen LogP contribution in [0.15, 0.2) is 79.0 Å². The van der Waals surface area contributed by atoms with Gasteiger partial charge in [0.15, 0.2) is 0 Å². The van der Waals surface area contributed by atoms with Gasteiger partial charge in [-0.15, -0.1) is 0 Å². The summed E-state index contributed by atoms with van der Waals surface area (Å²) in [5.41, 5.74) is 9.13. The van der Waals surface area contributed by atoms with Crippen molar-refractivity contribution in [3.63, 3.8) is 0 Å². The zero-order chi connectivity index (χ0) is 21.4. The Hall–Kier alpha value is -3.43. The SMILES string of the molecule is CCc1ccc2c(c1)c1cc(CC)ccc1n2-c1ccc(-c2ccc(CO)cn2)cc1. The van der Waals surface area contributed by atoms with Crippen LogP contribution in [0.25, 0.3) is 38.8 Å². The van der Waals surface area contributed by atoms with Gasteiger partial charge >= 0.3 is 0 Å². The van der Waals surface area contributed by atoms with Crippen molar-refractivity contribution in [2.45, 2.75) is 33.3 Å². The number of hydrogen-bond donors (Lipinski definition) is 1. The molecule has 2 aromatic heterocycles. The third-order valence-corrected chi connectivity index (χ3v) is 6.14. The molecule has 0 unspecified atom stereocenters. The molecule has 0 spiro atoms. The molecule has 0 aliphatic heterocycles. The fourth-order valence-electron chi connectivity index (χ4n) is 4.31. The van der Waals surface area contributed by atoms with Crippen molar-refractivity contribution >= 4 is 21.8 Å². The number of fused-ring (bicyclic) bond motifs is 3. The number of nitrogens with zero attached hydrogens (tertiary/aromatic N) is 2. The minimum absolute atomic E-state index is 0.0134. The Labute approximate surface area is 182 Å². The molecule has 1 N–H and O–H groups in total. The highest BCUT2D eigenvalue weighted by Crippen LogP contribution is 2.34. The molecule has 3 nitrogen and oxygen atoms in total. The van der Waals surface area contributed by atoms with Gasteiger partial charge in [-0.25, -0.2) is 0 Å². The second-order valence-corrected chi connectivity index (χ2v) is 8.00. The molecule has 0 saturated carbocycles. The number of aryl methyl sites for hydroxylation is 2. The van der Waals surface area contributed by atoms with Gasteiger partial charge in [0.1, 0.15) is 0 Å². The van der Waals surface area contributed by atoms with Gasteiger partial charge < -0.3 is 9.67 Å². The van der Waals surface area contributed by atoms with Crippen molar-refractivity contribution in [3.05, 3.63) is 95.7 Å². The summed E-state index contributed by atoms with van der Waals surface area (Å²) in [5, 5.41) is 11.9. The topological polar surface area (TPSA) is 38.0 Å². The van der Waals surface area contributed by atoms with Crippen molar-refractivity contribution in [1.29, 1.82) is 0 Å². The molecular weight excluding hydrogens is 380 g/mol. The Bertz CT molecular complexity index is 1300. The highest BCUT2D eigenvalue weighted by molar-refractivity contribution is 6.09. The zero-order valence-electron chi connectivity index (χ0n) is 18.0. The number of benzene rings is 3. The molecule has 0 aliphatic rings. The average Bonchev–Trinajstić information content (AvgIpc) is 3.17. The lowest BCUT2D eigenvalue weighted by molar-refractivity contribution is 0.281. The smallest absolute Gasteiger partial charge is 0.0702 e. The van der Waals surface area contributed by atoms with Crippen LogP contribution in [0.5, 0.6) is 0 Å². The van der Waals surface area contributed by atoms with Crippen molar-refractivity contribution in [2.24, 2.45) is 0 Å². The van der Waals surface area contributed by atoms with E-state index in [0.717, 1.165) is 35.3 Å². The van der Waals surface area contributed by atoms with E-state index < -0.39 is 0 Å². The van der Waals surface area contributed by atoms with E-state index in [1.165, 1.54) is 32.9 Å². The summed E-state index contributed by atoms with van der Waals surface area (Å²) in [6.45, 7) is 4.43. The molecular formula is C28H26N2O. The second kappa shape index (κ2) is 8.01. The van der Waals surface area contributed by atoms with Gasteiger partial charge in [0.25, 0.3) is 0 Å². The lowest BCUT2D eigenvalue weighted by Crippen LogP contribution is -1.94. The first kappa shape index (κ1) is 19.5. The minimum Gasteiger partial charge on any atom is -0.392 e. The fourth-order valence-corrected chi connectivity index (χ4v) is 4.31. The summed E-state index contributed by atoms with van der Waals surface area (Å²) in [6.07, 6.45) is 3.80. The van der Waals surface area contributed by atoms with E-state index in [4.69, 9.17) is 0 Å². The first-order valence-electron chi connectivity index (χ1n) is 10.9. The molecule has 3 heteroatoms. The number of aliphatic hydroxyl groups is 1. The van der Waals surface area contributed by atoms with E-state index in [1.54, 1.807) is 6.20 Å². The number of pyridine rings is 1. The van der Waals surface area contributed by atoms with Gasteiger partial charge in [0.05, 0.1) is 23.3 Å². The predicted octanol–water partition coefficient (Wildman–Crippen LogP) is 6.46. The third-order valence-electron chi connectivity index (χ3n) is 6.14. The first-order chi connectivity index (χ1) is 15.2. The Morgan fingerprint density at radius 1 is 0.710 bits per heavy atom. The highest BCUT2D eigenvalue weighted by Gasteiger charge is 2.13. The molecule has 0 saturated heterocycles. The van der Waals surface area contributed by atoms with Crippen LogP contribution < -0.4 is 0 Å². The molecule has 3 aromatic carbocycles. The Morgan fingerprint density at radius 3 is 1.77 bits per heavy atom. The van der Waals surface area contributed by atoms with Crippen LogP contribution in [-0.4, -0.2) is 14.7 Å². The van der Waals surface area contributed by atoms with Gasteiger partial charge in [0.2, 0.25) is 0 Å². The molecule has 5 rings (SSSR count). The normalized spacial score (nSPS) is 11.5. The molecule has 0 fully saturated rings. The van der Waals surface area contributed by atoms with Crippen molar-refractivity contribution in [3.8, 4) is 16.9 Å². The standard InChI is InChI=1S/C28H26N2O/c1-3-19-6-13-27-24(15-19)25-16-20(4-2)7-14-28(25)30(27)23-10-8-22(9-11-23)26-12-5-21(18-31)17-29-26/h5-17,31H,3-4,18H2,1-2H3. The lowest BCUT2D eigenvalue weighted by atomic mass is 10.1. The molecule has 154 valence electrons. The quantitative estimate of drug-likeness (QED) is 0.364. The summed E-state index contributed by atoms with van der Waals surface area (Å²) < 4.78 is 2.36. The minimum atomic E-state index is 0.0134. The molecule has 0 atom stereocenters. The zero-order valence-corrected chi connectivity index (χ0v) is 18.0. The number of aromatic nitrogens is 2. The summed E-state index contributed by atoms with van der Waals surface area (Å²) in [4.78, 5) is 4.48. The fraction of sp³-hybridized carbons (Fsp3) is 0.179. The highest BCUT2D eigenvalue weighted by atomic mass is 16.3. The van der Waals surface area contributed by atoms with Crippen molar-refractivity contribution < 1.29 is 5.11 Å². The van der Waals surface area contributed by atoms with E-state index in [1.807, 2.05) is 12.1 Å². The van der Waals surface area contributed by atoms with E-state index >= 15 is 0 Å². The third kappa shape index (κ3) is 3.41. The summed E-state index contributed by atoms with van der Waals surface area (Å²) in [6, 6.07) is 26.1. The first-order valence-corrected chi connectivity index (χ1v) is 10.9. The predicted molar refractivity (Wildman–Crippen MR) is 129 cm³/mol. The average molecular weight is 407 g/mol. The Morgan fingerprint density at radius 2 is 1.29 bits per heavy atom. The number of aliphatic hydroxyl groups excluding tert-OH is 1. The van der Waals surface area contributed by atoms with E-state index in [0.29, 0.717) is 0 Å². The van der Waals surface area contributed by atoms with Crippen LogP contribution in [0.3, 0.4) is 0 Å². The van der Waals surface area contributed by atoms with Gasteiger partial charge in [-0.3, -0.25) is 4.98 Å². The van der Waals surface area contributed by atoms with E-state index in [9.17, 15) is 5.11 Å². The molecule has 0 radical (unpaired) electrons. The molecule has 0 aliphatic carbocycles. The van der Waals surface area contributed by atoms with Gasteiger partial charge in [-0.05, 0) is 72.0 Å². The largest absolute Gasteiger partial charge is 0.392 e. The maximum atomic E-state index is 9.24. The van der Waals surface area contributed by atoms with Crippen LogP contribution in [0, 0.1) is 0 Å². The van der Waals surface area contributed by atoms with Crippen LogP contribution >= 0.6 is 0 Å². The van der Waals surface area contributed by atoms with E-state index in [-0.39, 0.29) is 6.61 Å². The Kier molecular flexibility index (Phi) is 5.05. The van der Waals surface area contributed by atoms with Gasteiger partial charge in [0, 0.05) is 28.2 Å². The second-order valence-electron chi connectivity index (χ2n) is 8.00. The van der Waals surface area contributed by atoms with Crippen LogP contribution in [-0.2, 0) is 19.4 Å². The molecule has 31 heavy (non-hydrogen) atoms. The summed E-state index contributed by atoms with van der Waals surface area (Å²) in [7, 11) is 0. The number of hydrogen-bond acceptors (Lipinski definition) is 2. The van der Waals surface area contributed by atoms with Gasteiger partial charge in [-0.1, -0.05) is 44.2 Å². The number of rotatable bonds is 5. The van der Waals surface area contributed by atoms with E-state index in [2.05, 4.69) is 84.1 Å². The van der Waals surface area contributed by atoms with Crippen LogP contribution in [0.4, 0.5) is 0 Å². The maximum Gasteiger partial charge on any atom is 0.0702 e. The van der Waals surface area contributed by atoms with Crippen LogP contribution in [0.2, 0.25) is 0 Å².